The van der Waals surface area contributed by atoms with Crippen LogP contribution in [0.1, 0.15) is 34.1 Å². The molecule has 3 aliphatic carbocycles. The van der Waals surface area contributed by atoms with E-state index in [-0.39, 0.29) is 35.9 Å². The summed E-state index contributed by atoms with van der Waals surface area (Å²) in [5, 5.41) is 12.1. The topological polar surface area (TPSA) is 86.7 Å². The van der Waals surface area contributed by atoms with Crippen molar-refractivity contribution >= 4 is 23.4 Å². The minimum absolute atomic E-state index is 0.0894. The second-order valence-electron chi connectivity index (χ2n) is 8.62. The Bertz CT molecular complexity index is 1170. The molecule has 0 radical (unpaired) electrons. The molecule has 7 rings (SSSR count). The average Bonchev–Trinajstić information content (AvgIpc) is 3.06. The molecule has 2 unspecified atom stereocenters. The second-order valence-corrected chi connectivity index (χ2v) is 8.62. The van der Waals surface area contributed by atoms with Crippen molar-refractivity contribution in [3.63, 3.8) is 0 Å². The zero-order valence-electron chi connectivity index (χ0n) is 17.1. The Hall–Kier alpha value is -3.93. The molecule has 1 heterocycles. The van der Waals surface area contributed by atoms with E-state index in [0.29, 0.717) is 5.69 Å². The number of aromatic hydroxyl groups is 1. The Labute approximate surface area is 184 Å². The van der Waals surface area contributed by atoms with E-state index in [1.807, 2.05) is 24.3 Å². The molecule has 6 heteroatoms. The molecule has 3 aromatic carbocycles. The summed E-state index contributed by atoms with van der Waals surface area (Å²) in [7, 11) is 0. The monoisotopic (exact) mass is 424 g/mol. The Balaban J connectivity index is 1.34. The van der Waals surface area contributed by atoms with Gasteiger partial charge in [-0.1, -0.05) is 48.5 Å². The third kappa shape index (κ3) is 2.56. The molecular weight excluding hydrogens is 404 g/mol. The molecule has 6 nitrogen and oxygen atoms in total. The van der Waals surface area contributed by atoms with Gasteiger partial charge in [0.25, 0.3) is 0 Å². The number of phenolic OH excluding ortho intramolecular Hbond substituents is 1. The van der Waals surface area contributed by atoms with Gasteiger partial charge in [-0.05, 0) is 46.5 Å². The lowest BCUT2D eigenvalue weighted by molar-refractivity contribution is -0.142. The molecule has 0 saturated carbocycles. The van der Waals surface area contributed by atoms with Crippen LogP contribution in [-0.2, 0) is 14.4 Å². The highest BCUT2D eigenvalue weighted by molar-refractivity contribution is 6.10. The first-order valence-electron chi connectivity index (χ1n) is 10.7. The van der Waals surface area contributed by atoms with Crippen molar-refractivity contribution in [2.75, 3.05) is 11.9 Å². The van der Waals surface area contributed by atoms with E-state index in [0.717, 1.165) is 27.2 Å². The Morgan fingerprint density at radius 3 is 1.62 bits per heavy atom. The number of amides is 3. The smallest absolute Gasteiger partial charge is 0.244 e. The number of carbonyl (C=O) groups excluding carboxylic acids is 3. The highest BCUT2D eigenvalue weighted by atomic mass is 16.3. The van der Waals surface area contributed by atoms with Crippen LogP contribution in [-0.4, -0.2) is 34.3 Å². The largest absolute Gasteiger partial charge is 0.508 e. The molecular formula is C26H20N2O4. The van der Waals surface area contributed by atoms with E-state index < -0.39 is 17.7 Å². The number of likely N-dealkylation sites (tertiary alicyclic amines) is 1. The lowest BCUT2D eigenvalue weighted by Gasteiger charge is -2.45. The molecule has 1 fully saturated rings. The summed E-state index contributed by atoms with van der Waals surface area (Å²) in [6.07, 6.45) is 0. The van der Waals surface area contributed by atoms with Gasteiger partial charge in [0.1, 0.15) is 12.3 Å². The summed E-state index contributed by atoms with van der Waals surface area (Å²) in [6, 6.07) is 22.2. The third-order valence-corrected chi connectivity index (χ3v) is 6.99. The molecule has 4 aliphatic rings. The maximum atomic E-state index is 13.5. The zero-order valence-corrected chi connectivity index (χ0v) is 17.1. The molecule has 1 saturated heterocycles. The number of nitrogens with one attached hydrogen (secondary N) is 1. The summed E-state index contributed by atoms with van der Waals surface area (Å²) in [5.74, 6) is -2.25. The lowest BCUT2D eigenvalue weighted by atomic mass is 9.55. The van der Waals surface area contributed by atoms with Gasteiger partial charge >= 0.3 is 0 Å². The predicted octanol–water partition coefficient (Wildman–Crippen LogP) is 3.22. The van der Waals surface area contributed by atoms with Crippen LogP contribution in [0.15, 0.2) is 72.8 Å². The van der Waals surface area contributed by atoms with Crippen LogP contribution in [0.2, 0.25) is 0 Å². The van der Waals surface area contributed by atoms with Crippen molar-refractivity contribution in [1.82, 2.24) is 4.90 Å². The highest BCUT2D eigenvalue weighted by Gasteiger charge is 2.61. The Kier molecular flexibility index (Phi) is 3.99. The SMILES string of the molecule is O=C(CN1C(=O)C2C3c4ccccc4C(c4ccccc43)C2C1=O)Nc1ccc(O)cc1. The van der Waals surface area contributed by atoms with Gasteiger partial charge in [-0.15, -0.1) is 0 Å². The van der Waals surface area contributed by atoms with Crippen LogP contribution in [0, 0.1) is 11.8 Å². The van der Waals surface area contributed by atoms with Crippen molar-refractivity contribution < 1.29 is 19.5 Å². The highest BCUT2D eigenvalue weighted by Crippen LogP contribution is 2.60. The van der Waals surface area contributed by atoms with Crippen LogP contribution < -0.4 is 5.32 Å². The zero-order chi connectivity index (χ0) is 22.0. The van der Waals surface area contributed by atoms with Crippen molar-refractivity contribution in [2.45, 2.75) is 11.8 Å². The summed E-state index contributed by atoms with van der Waals surface area (Å²) >= 11 is 0. The standard InChI is InChI=1S/C26H20N2O4/c29-15-11-9-14(10-12-15)27-20(30)13-28-25(31)23-21-16-5-1-2-6-17(16)22(24(23)26(28)32)19-8-4-3-7-18(19)21/h1-12,21-24,29H,13H2,(H,27,30). The van der Waals surface area contributed by atoms with Gasteiger partial charge in [0.15, 0.2) is 0 Å². The molecule has 3 amide bonds. The number of hydrogen-bond donors (Lipinski definition) is 2. The minimum atomic E-state index is -0.487. The molecule has 1 aliphatic heterocycles. The first-order chi connectivity index (χ1) is 15.5. The molecule has 3 aromatic rings. The van der Waals surface area contributed by atoms with Gasteiger partial charge in [-0.25, -0.2) is 0 Å². The number of phenols is 1. The number of carbonyl (C=O) groups is 3. The molecule has 0 aromatic heterocycles. The molecule has 2 N–H and O–H groups in total. The normalized spacial score (nSPS) is 24.7. The quantitative estimate of drug-likeness (QED) is 0.499. The van der Waals surface area contributed by atoms with Gasteiger partial charge in [-0.2, -0.15) is 0 Å². The Morgan fingerprint density at radius 2 is 1.19 bits per heavy atom. The fraction of sp³-hybridized carbons (Fsp3) is 0.192. The van der Waals surface area contributed by atoms with Crippen molar-refractivity contribution in [3.05, 3.63) is 95.1 Å². The third-order valence-electron chi connectivity index (χ3n) is 6.99. The van der Waals surface area contributed by atoms with E-state index >= 15 is 0 Å². The van der Waals surface area contributed by atoms with E-state index in [1.54, 1.807) is 12.1 Å². The van der Waals surface area contributed by atoms with E-state index in [4.69, 9.17) is 0 Å². The fourth-order valence-electron chi connectivity index (χ4n) is 5.78. The van der Waals surface area contributed by atoms with Gasteiger partial charge in [0.05, 0.1) is 11.8 Å². The molecule has 32 heavy (non-hydrogen) atoms. The number of nitrogens with zero attached hydrogens (tertiary/aromatic N) is 1. The first kappa shape index (κ1) is 18.8. The fourth-order valence-corrected chi connectivity index (χ4v) is 5.78. The number of rotatable bonds is 3. The maximum absolute atomic E-state index is 13.5. The average molecular weight is 424 g/mol. The Morgan fingerprint density at radius 1 is 0.750 bits per heavy atom. The minimum Gasteiger partial charge on any atom is -0.508 e. The van der Waals surface area contributed by atoms with Gasteiger partial charge in [-0.3, -0.25) is 19.3 Å². The van der Waals surface area contributed by atoms with Crippen LogP contribution in [0.3, 0.4) is 0 Å². The predicted molar refractivity (Wildman–Crippen MR) is 117 cm³/mol. The van der Waals surface area contributed by atoms with Crippen LogP contribution in [0.5, 0.6) is 5.75 Å². The number of benzene rings is 3. The number of anilines is 1. The van der Waals surface area contributed by atoms with Crippen molar-refractivity contribution in [3.8, 4) is 5.75 Å². The van der Waals surface area contributed by atoms with E-state index in [9.17, 15) is 19.5 Å². The van der Waals surface area contributed by atoms with Crippen LogP contribution >= 0.6 is 0 Å². The van der Waals surface area contributed by atoms with Crippen molar-refractivity contribution in [1.29, 1.82) is 0 Å². The molecule has 2 atom stereocenters. The van der Waals surface area contributed by atoms with E-state index in [1.165, 1.54) is 12.1 Å². The first-order valence-corrected chi connectivity index (χ1v) is 10.7. The van der Waals surface area contributed by atoms with Gasteiger partial charge < -0.3 is 10.4 Å². The summed E-state index contributed by atoms with van der Waals surface area (Å²) in [4.78, 5) is 40.7. The lowest BCUT2D eigenvalue weighted by Crippen LogP contribution is -2.41. The van der Waals surface area contributed by atoms with Gasteiger partial charge in [0, 0.05) is 17.5 Å². The molecule has 2 bridgehead atoms. The van der Waals surface area contributed by atoms with Gasteiger partial charge in [0.2, 0.25) is 17.7 Å². The van der Waals surface area contributed by atoms with E-state index in [2.05, 4.69) is 29.6 Å². The maximum Gasteiger partial charge on any atom is 0.244 e. The number of imide groups is 1. The van der Waals surface area contributed by atoms with Crippen LogP contribution in [0.25, 0.3) is 0 Å². The molecule has 158 valence electrons. The van der Waals surface area contributed by atoms with Crippen molar-refractivity contribution in [2.24, 2.45) is 11.8 Å². The second kappa shape index (κ2) is 6.79. The number of hydrogen-bond acceptors (Lipinski definition) is 4. The summed E-state index contributed by atoms with van der Waals surface area (Å²) < 4.78 is 0. The molecule has 0 spiro atoms. The van der Waals surface area contributed by atoms with Crippen LogP contribution in [0.4, 0.5) is 5.69 Å². The summed E-state index contributed by atoms with van der Waals surface area (Å²) in [6.45, 7) is -0.322. The summed E-state index contributed by atoms with van der Waals surface area (Å²) in [5.41, 5.74) is 4.91.